The van der Waals surface area contributed by atoms with Crippen LogP contribution in [-0.2, 0) is 10.8 Å². The minimum absolute atomic E-state index is 0.00224. The van der Waals surface area contributed by atoms with Crippen LogP contribution in [-0.4, -0.2) is 24.6 Å². The van der Waals surface area contributed by atoms with E-state index in [1.807, 2.05) is 22.7 Å². The largest absolute Gasteiger partial charge is 0.295 e. The lowest BCUT2D eigenvalue weighted by atomic mass is 9.34. The maximum atomic E-state index is 2.68. The smallest absolute Gasteiger partial charge is 0.258 e. The van der Waals surface area contributed by atoms with Gasteiger partial charge in [0.15, 0.2) is 0 Å². The Balaban J connectivity index is 1.23. The van der Waals surface area contributed by atoms with Crippen LogP contribution >= 0.6 is 22.7 Å². The first-order valence-electron chi connectivity index (χ1n) is 22.0. The number of fused-ring (bicyclic) bond motifs is 24. The second-order valence-corrected chi connectivity index (χ2v) is 22.4. The van der Waals surface area contributed by atoms with Gasteiger partial charge in [-0.05, 0) is 122 Å². The lowest BCUT2D eigenvalue weighted by Crippen LogP contribution is -2.59. The van der Waals surface area contributed by atoms with Crippen LogP contribution in [0.2, 0.25) is 0 Å². The van der Waals surface area contributed by atoms with E-state index >= 15 is 0 Å². The fourth-order valence-electron chi connectivity index (χ4n) is 12.0. The molecule has 4 nitrogen and oxygen atoms in total. The number of benzene rings is 7. The van der Waals surface area contributed by atoms with Crippen molar-refractivity contribution in [2.75, 3.05) is 0 Å². The predicted molar refractivity (Wildman–Crippen MR) is 270 cm³/mol. The van der Waals surface area contributed by atoms with Crippen molar-refractivity contribution in [2.24, 2.45) is 0 Å². The molecule has 2 aliphatic heterocycles. The van der Waals surface area contributed by atoms with Crippen LogP contribution in [0, 0.1) is 6.92 Å². The molecule has 7 heteroatoms. The van der Waals surface area contributed by atoms with Gasteiger partial charge in [0.1, 0.15) is 11.3 Å². The second kappa shape index (κ2) is 10.8. The van der Waals surface area contributed by atoms with Gasteiger partial charge in [0.2, 0.25) is 0 Å². The van der Waals surface area contributed by atoms with Crippen molar-refractivity contribution in [1.29, 1.82) is 0 Å². The maximum absolute atomic E-state index is 2.68. The summed E-state index contributed by atoms with van der Waals surface area (Å²) >= 11 is 3.84. The van der Waals surface area contributed by atoms with Crippen LogP contribution in [0.25, 0.3) is 107 Å². The van der Waals surface area contributed by atoms with Gasteiger partial charge in [0.05, 0.1) is 33.1 Å². The van der Waals surface area contributed by atoms with E-state index in [4.69, 9.17) is 0 Å². The minimum Gasteiger partial charge on any atom is -0.295 e. The van der Waals surface area contributed by atoms with Crippen molar-refractivity contribution in [3.63, 3.8) is 0 Å². The van der Waals surface area contributed by atoms with Crippen LogP contribution in [0.4, 0.5) is 0 Å². The summed E-state index contributed by atoms with van der Waals surface area (Å²) in [6.07, 6.45) is 0. The molecule has 13 aromatic rings. The molecule has 8 heterocycles. The normalized spacial score (nSPS) is 14.0. The van der Waals surface area contributed by atoms with Gasteiger partial charge >= 0.3 is 0 Å². The average molecular weight is 833 g/mol. The van der Waals surface area contributed by atoms with Gasteiger partial charge in [-0.1, -0.05) is 102 Å². The number of aryl methyl sites for hydroxylation is 1. The molecule has 0 spiro atoms. The van der Waals surface area contributed by atoms with Gasteiger partial charge in [-0.15, -0.1) is 22.7 Å². The van der Waals surface area contributed by atoms with Crippen molar-refractivity contribution in [3.05, 3.63) is 138 Å². The van der Waals surface area contributed by atoms with E-state index in [9.17, 15) is 0 Å². The Hall–Kier alpha value is -6.28. The Morgan fingerprint density at radius 1 is 0.435 bits per heavy atom. The summed E-state index contributed by atoms with van der Waals surface area (Å²) in [4.78, 5) is 0. The summed E-state index contributed by atoms with van der Waals surface area (Å²) in [5, 5.41) is 8.11. The number of hydrogen-bond donors (Lipinski definition) is 0. The number of rotatable bonds is 0. The summed E-state index contributed by atoms with van der Waals surface area (Å²) in [5.41, 5.74) is 21.1. The Morgan fingerprint density at radius 3 is 1.34 bits per heavy atom. The standard InChI is InChI=1S/C55H41BN4S2/c1-28-24-39-49-40(25-28)58-36-21-17-30(55(5,6)7)27-38(36)60-51-34(19-23-44-46(51)32-13-9-11-15-42(32)62-44)48(53(58)60)56(49)47-33-18-22-43-45(31-12-8-10-14-41(31)61-43)50(33)59-37-26-29(54(2,3)4)16-20-35(37)57(39)52(47)59/h8-27H,1-7H3. The zero-order valence-electron chi connectivity index (χ0n) is 35.7. The highest BCUT2D eigenvalue weighted by molar-refractivity contribution is 7.26. The van der Waals surface area contributed by atoms with Crippen molar-refractivity contribution in [1.82, 2.24) is 17.9 Å². The van der Waals surface area contributed by atoms with Gasteiger partial charge in [-0.2, -0.15) is 0 Å². The van der Waals surface area contributed by atoms with E-state index in [0.717, 1.165) is 0 Å². The molecule has 15 rings (SSSR count). The predicted octanol–water partition coefficient (Wildman–Crippen LogP) is 13.2. The highest BCUT2D eigenvalue weighted by Crippen LogP contribution is 2.47. The molecular formula is C55H41BN4S2. The fraction of sp³-hybridized carbons (Fsp3) is 0.164. The second-order valence-electron chi connectivity index (χ2n) is 20.2. The van der Waals surface area contributed by atoms with Gasteiger partial charge < -0.3 is 0 Å². The van der Waals surface area contributed by atoms with Crippen molar-refractivity contribution >= 4 is 141 Å². The minimum atomic E-state index is -0.00224. The van der Waals surface area contributed by atoms with Crippen molar-refractivity contribution in [3.8, 4) is 11.4 Å². The fourth-order valence-corrected chi connectivity index (χ4v) is 14.2. The van der Waals surface area contributed by atoms with Gasteiger partial charge in [-0.25, -0.2) is 0 Å². The van der Waals surface area contributed by atoms with Crippen LogP contribution in [0.5, 0.6) is 0 Å². The molecule has 0 N–H and O–H groups in total. The molecule has 0 radical (unpaired) electrons. The third-order valence-corrected chi connectivity index (χ3v) is 16.9. The summed E-state index contributed by atoms with van der Waals surface area (Å²) in [7, 11) is 0. The summed E-state index contributed by atoms with van der Waals surface area (Å²) in [5.74, 6) is 0. The molecule has 7 aromatic carbocycles. The number of nitrogens with zero attached hydrogens (tertiary/aromatic N) is 4. The molecule has 2 aliphatic rings. The molecule has 0 amide bonds. The number of aromatic nitrogens is 4. The maximum Gasteiger partial charge on any atom is 0.258 e. The Bertz CT molecular complexity index is 3990. The molecule has 62 heavy (non-hydrogen) atoms. The first-order chi connectivity index (χ1) is 30.0. The van der Waals surface area contributed by atoms with Crippen LogP contribution < -0.4 is 16.4 Å². The Labute approximate surface area is 365 Å². The third-order valence-electron chi connectivity index (χ3n) is 14.7. The number of thiophene rings is 2. The highest BCUT2D eigenvalue weighted by Gasteiger charge is 2.46. The summed E-state index contributed by atoms with van der Waals surface area (Å²) in [6, 6.07) is 47.4. The topological polar surface area (TPSA) is 18.7 Å². The quantitative estimate of drug-likeness (QED) is 0.136. The lowest BCUT2D eigenvalue weighted by molar-refractivity contribution is 0.590. The first kappa shape index (κ1) is 34.3. The zero-order chi connectivity index (χ0) is 41.5. The molecular weight excluding hydrogens is 792 g/mol. The lowest BCUT2D eigenvalue weighted by Gasteiger charge is -2.32. The van der Waals surface area contributed by atoms with E-state index < -0.39 is 0 Å². The molecule has 0 saturated heterocycles. The molecule has 0 fully saturated rings. The van der Waals surface area contributed by atoms with Crippen LogP contribution in [0.3, 0.4) is 0 Å². The molecule has 0 bridgehead atoms. The van der Waals surface area contributed by atoms with Gasteiger partial charge in [0.25, 0.3) is 6.71 Å². The van der Waals surface area contributed by atoms with Crippen LogP contribution in [0.1, 0.15) is 58.2 Å². The van der Waals surface area contributed by atoms with E-state index in [1.165, 1.54) is 140 Å². The average Bonchev–Trinajstić information content (AvgIpc) is 4.08. The summed E-state index contributed by atoms with van der Waals surface area (Å²) in [6.45, 7) is 16.3. The summed E-state index contributed by atoms with van der Waals surface area (Å²) < 4.78 is 16.0. The highest BCUT2D eigenvalue weighted by atomic mass is 32.1. The first-order valence-corrected chi connectivity index (χ1v) is 23.6. The molecule has 0 aliphatic carbocycles. The molecule has 6 aromatic heterocycles. The molecule has 0 saturated carbocycles. The zero-order valence-corrected chi connectivity index (χ0v) is 37.4. The number of hydrogen-bond acceptors (Lipinski definition) is 2. The van der Waals surface area contributed by atoms with E-state index in [2.05, 4.69) is 188 Å². The van der Waals surface area contributed by atoms with E-state index in [-0.39, 0.29) is 17.5 Å². The number of imidazole rings is 2. The Morgan fingerprint density at radius 2 is 0.887 bits per heavy atom. The van der Waals surface area contributed by atoms with Gasteiger partial charge in [-0.3, -0.25) is 17.9 Å². The molecule has 0 unspecified atom stereocenters. The Kier molecular flexibility index (Phi) is 6.00. The monoisotopic (exact) mass is 832 g/mol. The van der Waals surface area contributed by atoms with Crippen LogP contribution in [0.15, 0.2) is 121 Å². The van der Waals surface area contributed by atoms with Crippen molar-refractivity contribution < 1.29 is 0 Å². The van der Waals surface area contributed by atoms with E-state index in [0.29, 0.717) is 0 Å². The van der Waals surface area contributed by atoms with E-state index in [1.54, 1.807) is 0 Å². The van der Waals surface area contributed by atoms with Gasteiger partial charge in [0, 0.05) is 51.7 Å². The molecule has 0 atom stereocenters. The molecule has 296 valence electrons. The van der Waals surface area contributed by atoms with Crippen molar-refractivity contribution in [2.45, 2.75) is 59.3 Å². The SMILES string of the molecule is Cc1cc2c3c(c1)-n1c4ccc(C(C)(C)C)cc4n4c5c(ccc6sc7ccccc7c65)c(c14)B3c1c3ccc4sc5ccccc5c4c3n3c4cc(C(C)(C)C)ccc4n-2c13. The third kappa shape index (κ3) is 3.90.